The number of piperazine rings is 1. The zero-order valence-electron chi connectivity index (χ0n) is 18.9. The van der Waals surface area contributed by atoms with E-state index in [1.807, 2.05) is 49.1 Å². The van der Waals surface area contributed by atoms with E-state index in [4.69, 9.17) is 5.73 Å². The van der Waals surface area contributed by atoms with E-state index in [1.54, 1.807) is 11.8 Å². The van der Waals surface area contributed by atoms with Crippen LogP contribution < -0.4 is 17.0 Å². The van der Waals surface area contributed by atoms with Crippen molar-refractivity contribution in [2.45, 2.75) is 33.9 Å². The molecule has 1 aliphatic rings. The van der Waals surface area contributed by atoms with Crippen LogP contribution >= 0.6 is 0 Å². The summed E-state index contributed by atoms with van der Waals surface area (Å²) in [7, 11) is 0. The van der Waals surface area contributed by atoms with Gasteiger partial charge >= 0.3 is 5.69 Å². The highest BCUT2D eigenvalue weighted by atomic mass is 16.2. The summed E-state index contributed by atoms with van der Waals surface area (Å²) in [6.45, 7) is 7.88. The van der Waals surface area contributed by atoms with Crippen LogP contribution in [0.2, 0.25) is 0 Å². The van der Waals surface area contributed by atoms with Crippen LogP contribution in [0.3, 0.4) is 0 Å². The van der Waals surface area contributed by atoms with Gasteiger partial charge in [-0.2, -0.15) is 0 Å². The first-order valence-corrected chi connectivity index (χ1v) is 11.0. The number of benzene rings is 1. The Morgan fingerprint density at radius 3 is 2.19 bits per heavy atom. The average molecular weight is 442 g/mol. The predicted molar refractivity (Wildman–Crippen MR) is 123 cm³/mol. The number of hydrogen-bond donors (Lipinski definition) is 1. The summed E-state index contributed by atoms with van der Waals surface area (Å²) in [6.07, 6.45) is 0. The van der Waals surface area contributed by atoms with Crippen molar-refractivity contribution in [3.05, 3.63) is 62.3 Å². The van der Waals surface area contributed by atoms with Crippen molar-refractivity contribution >= 4 is 17.5 Å². The van der Waals surface area contributed by atoms with Crippen molar-refractivity contribution in [1.29, 1.82) is 0 Å². The van der Waals surface area contributed by atoms with Crippen molar-refractivity contribution in [3.63, 3.8) is 0 Å². The molecule has 9 nitrogen and oxygen atoms in total. The van der Waals surface area contributed by atoms with Crippen molar-refractivity contribution < 1.29 is 9.59 Å². The summed E-state index contributed by atoms with van der Waals surface area (Å²) in [5.74, 6) is -0.493. The van der Waals surface area contributed by atoms with Crippen LogP contribution in [0.5, 0.6) is 0 Å². The molecule has 0 radical (unpaired) electrons. The van der Waals surface area contributed by atoms with Crippen LogP contribution in [0.4, 0.5) is 5.82 Å². The number of amides is 1. The second kappa shape index (κ2) is 9.95. The summed E-state index contributed by atoms with van der Waals surface area (Å²) >= 11 is 0. The van der Waals surface area contributed by atoms with Gasteiger partial charge in [-0.3, -0.25) is 28.4 Å². The standard InChI is InChI=1S/C23H31N5O4/c1-4-27-22(31)19(20(24)28(23(27)32)14-17-8-6-5-7-9-17)18(29)15-25-10-12-26(13-11-25)21(30)16(2)3/h5-9,16H,4,10-15,24H2,1-3H3. The predicted octanol–water partition coefficient (Wildman–Crippen LogP) is 0.643. The highest BCUT2D eigenvalue weighted by Gasteiger charge is 2.27. The van der Waals surface area contributed by atoms with Gasteiger partial charge in [-0.1, -0.05) is 44.2 Å². The number of carbonyl (C=O) groups is 2. The van der Waals surface area contributed by atoms with Crippen LogP contribution in [-0.2, 0) is 17.9 Å². The van der Waals surface area contributed by atoms with Crippen molar-refractivity contribution in [1.82, 2.24) is 18.9 Å². The van der Waals surface area contributed by atoms with Crippen LogP contribution in [0, 0.1) is 5.92 Å². The molecule has 9 heteroatoms. The molecule has 2 heterocycles. The number of Topliss-reactive ketones (excluding diaryl/α,β-unsaturated/α-hetero) is 1. The molecular weight excluding hydrogens is 410 g/mol. The van der Waals surface area contributed by atoms with E-state index < -0.39 is 17.0 Å². The van der Waals surface area contributed by atoms with Crippen molar-refractivity contribution in [2.75, 3.05) is 38.5 Å². The molecule has 32 heavy (non-hydrogen) atoms. The minimum Gasteiger partial charge on any atom is -0.384 e. The molecule has 0 aliphatic carbocycles. The topological polar surface area (TPSA) is 111 Å². The number of anilines is 1. The monoisotopic (exact) mass is 441 g/mol. The number of nitrogens with zero attached hydrogens (tertiary/aromatic N) is 4. The molecular formula is C23H31N5O4. The maximum Gasteiger partial charge on any atom is 0.332 e. The molecule has 3 rings (SSSR count). The number of nitrogen functional groups attached to an aromatic ring is 1. The second-order valence-corrected chi connectivity index (χ2v) is 8.34. The third-order valence-corrected chi connectivity index (χ3v) is 5.79. The molecule has 0 saturated carbocycles. The van der Waals surface area contributed by atoms with Gasteiger partial charge in [0.1, 0.15) is 11.4 Å². The molecule has 1 fully saturated rings. The number of ketones is 1. The van der Waals surface area contributed by atoms with Gasteiger partial charge in [-0.15, -0.1) is 0 Å². The van der Waals surface area contributed by atoms with Crippen molar-refractivity contribution in [2.24, 2.45) is 5.92 Å². The number of nitrogens with two attached hydrogens (primary N) is 1. The number of aromatic nitrogens is 2. The fourth-order valence-corrected chi connectivity index (χ4v) is 3.95. The maximum absolute atomic E-state index is 13.1. The van der Waals surface area contributed by atoms with Crippen LogP contribution in [0.15, 0.2) is 39.9 Å². The van der Waals surface area contributed by atoms with Gasteiger partial charge in [0.2, 0.25) is 5.91 Å². The van der Waals surface area contributed by atoms with Crippen molar-refractivity contribution in [3.8, 4) is 0 Å². The van der Waals surface area contributed by atoms with Gasteiger partial charge in [0, 0.05) is 38.6 Å². The van der Waals surface area contributed by atoms with Gasteiger partial charge in [0.05, 0.1) is 13.1 Å². The molecule has 2 N–H and O–H groups in total. The Bertz CT molecular complexity index is 1100. The molecule has 172 valence electrons. The second-order valence-electron chi connectivity index (χ2n) is 8.34. The van der Waals surface area contributed by atoms with E-state index in [2.05, 4.69) is 0 Å². The molecule has 0 unspecified atom stereocenters. The maximum atomic E-state index is 13.1. The molecule has 1 aromatic heterocycles. The Morgan fingerprint density at radius 2 is 1.62 bits per heavy atom. The molecule has 1 aliphatic heterocycles. The minimum absolute atomic E-state index is 0.0103. The molecule has 1 amide bonds. The lowest BCUT2D eigenvalue weighted by atomic mass is 10.1. The lowest BCUT2D eigenvalue weighted by molar-refractivity contribution is -0.136. The number of rotatable bonds is 7. The highest BCUT2D eigenvalue weighted by molar-refractivity contribution is 6.01. The van der Waals surface area contributed by atoms with Crippen LogP contribution in [0.1, 0.15) is 36.7 Å². The first kappa shape index (κ1) is 23.5. The number of carbonyl (C=O) groups excluding carboxylic acids is 2. The van der Waals surface area contributed by atoms with Gasteiger partial charge in [-0.25, -0.2) is 4.79 Å². The quantitative estimate of drug-likeness (QED) is 0.632. The average Bonchev–Trinajstić information content (AvgIpc) is 2.77. The molecule has 0 spiro atoms. The van der Waals surface area contributed by atoms with E-state index in [-0.39, 0.29) is 42.8 Å². The van der Waals surface area contributed by atoms with E-state index in [0.717, 1.165) is 10.1 Å². The fourth-order valence-electron chi connectivity index (χ4n) is 3.95. The first-order valence-electron chi connectivity index (χ1n) is 11.0. The minimum atomic E-state index is -0.655. The molecule has 0 atom stereocenters. The zero-order valence-corrected chi connectivity index (χ0v) is 18.9. The summed E-state index contributed by atoms with van der Waals surface area (Å²) in [4.78, 5) is 54.8. The third kappa shape index (κ3) is 4.83. The zero-order chi connectivity index (χ0) is 23.4. The molecule has 1 saturated heterocycles. The van der Waals surface area contributed by atoms with E-state index in [1.165, 1.54) is 4.57 Å². The Kier molecular flexibility index (Phi) is 7.29. The normalized spacial score (nSPS) is 14.7. The van der Waals surface area contributed by atoms with Gasteiger partial charge < -0.3 is 10.6 Å². The smallest absolute Gasteiger partial charge is 0.332 e. The Morgan fingerprint density at radius 1 is 1.00 bits per heavy atom. The Hall–Kier alpha value is -3.20. The van der Waals surface area contributed by atoms with Crippen LogP contribution in [-0.4, -0.2) is 63.3 Å². The lowest BCUT2D eigenvalue weighted by Crippen LogP contribution is -2.51. The summed E-state index contributed by atoms with van der Waals surface area (Å²) in [6, 6.07) is 9.27. The first-order chi connectivity index (χ1) is 15.2. The SMILES string of the molecule is CCn1c(=O)c(C(=O)CN2CCN(C(=O)C(C)C)CC2)c(N)n(Cc2ccccc2)c1=O. The van der Waals surface area contributed by atoms with Gasteiger partial charge in [0.25, 0.3) is 5.56 Å². The van der Waals surface area contributed by atoms with E-state index in [9.17, 15) is 19.2 Å². The van der Waals surface area contributed by atoms with Gasteiger partial charge in [-0.05, 0) is 12.5 Å². The van der Waals surface area contributed by atoms with E-state index >= 15 is 0 Å². The Balaban J connectivity index is 1.85. The highest BCUT2D eigenvalue weighted by Crippen LogP contribution is 2.12. The number of hydrogen-bond acceptors (Lipinski definition) is 6. The summed E-state index contributed by atoms with van der Waals surface area (Å²) in [5.41, 5.74) is 5.72. The largest absolute Gasteiger partial charge is 0.384 e. The van der Waals surface area contributed by atoms with Crippen LogP contribution in [0.25, 0.3) is 0 Å². The summed E-state index contributed by atoms with van der Waals surface area (Å²) < 4.78 is 2.33. The van der Waals surface area contributed by atoms with E-state index in [0.29, 0.717) is 26.2 Å². The molecule has 1 aromatic carbocycles. The van der Waals surface area contributed by atoms with Gasteiger partial charge in [0.15, 0.2) is 5.78 Å². The Labute approximate surface area is 187 Å². The fraction of sp³-hybridized carbons (Fsp3) is 0.478. The molecule has 2 aromatic rings. The molecule has 0 bridgehead atoms. The summed E-state index contributed by atoms with van der Waals surface area (Å²) in [5, 5.41) is 0. The third-order valence-electron chi connectivity index (χ3n) is 5.79. The lowest BCUT2D eigenvalue weighted by Gasteiger charge is -2.35.